The van der Waals surface area contributed by atoms with E-state index >= 15 is 0 Å². The van der Waals surface area contributed by atoms with Gasteiger partial charge in [-0.3, -0.25) is 9.36 Å². The van der Waals surface area contributed by atoms with Crippen LogP contribution in [0.4, 0.5) is 5.95 Å². The Hall–Kier alpha value is -2.70. The minimum absolute atomic E-state index is 0.0767. The topological polar surface area (TPSA) is 73.5 Å². The molecule has 0 aromatic carbocycles. The lowest BCUT2D eigenvalue weighted by atomic mass is 10.1. The Labute approximate surface area is 148 Å². The normalized spacial score (nSPS) is 12.4. The molecule has 0 aliphatic carbocycles. The first-order valence-corrected chi connectivity index (χ1v) is 8.62. The summed E-state index contributed by atoms with van der Waals surface area (Å²) in [4.78, 5) is 9.04. The van der Waals surface area contributed by atoms with Gasteiger partial charge in [-0.05, 0) is 33.3 Å². The van der Waals surface area contributed by atoms with Gasteiger partial charge < -0.3 is 5.32 Å². The van der Waals surface area contributed by atoms with Crippen LogP contribution in [0.15, 0.2) is 24.7 Å². The van der Waals surface area contributed by atoms with Gasteiger partial charge in [0.15, 0.2) is 0 Å². The second-order valence-electron chi connectivity index (χ2n) is 6.33. The standard InChI is InChI=1S/C18H25N7/c1-6-9-25-11-16(13(3)23-25)17-7-8-19-18(22-17)21-12(2)15-10-20-24(5)14(15)4/h7-8,10-12H,6,9H2,1-5H3,(H,19,21,22)/t12-/m1/s1. The highest BCUT2D eigenvalue weighted by Gasteiger charge is 2.14. The van der Waals surface area contributed by atoms with E-state index in [1.54, 1.807) is 6.20 Å². The van der Waals surface area contributed by atoms with Crippen LogP contribution < -0.4 is 5.32 Å². The Morgan fingerprint density at radius 1 is 1.28 bits per heavy atom. The third-order valence-electron chi connectivity index (χ3n) is 4.42. The highest BCUT2D eigenvalue weighted by atomic mass is 15.3. The van der Waals surface area contributed by atoms with E-state index in [1.807, 2.05) is 35.6 Å². The summed E-state index contributed by atoms with van der Waals surface area (Å²) in [7, 11) is 1.94. The van der Waals surface area contributed by atoms with E-state index in [-0.39, 0.29) is 6.04 Å². The van der Waals surface area contributed by atoms with Crippen molar-refractivity contribution in [3.05, 3.63) is 41.6 Å². The predicted octanol–water partition coefficient (Wildman–Crippen LogP) is 3.27. The summed E-state index contributed by atoms with van der Waals surface area (Å²) in [5.41, 5.74) is 5.18. The van der Waals surface area contributed by atoms with Gasteiger partial charge in [0.2, 0.25) is 5.95 Å². The molecule has 1 atom stereocenters. The molecule has 0 saturated heterocycles. The van der Waals surface area contributed by atoms with Gasteiger partial charge in [0.1, 0.15) is 0 Å². The maximum atomic E-state index is 4.68. The zero-order chi connectivity index (χ0) is 18.0. The molecule has 1 N–H and O–H groups in total. The van der Waals surface area contributed by atoms with Crippen molar-refractivity contribution in [1.82, 2.24) is 29.5 Å². The predicted molar refractivity (Wildman–Crippen MR) is 98.3 cm³/mol. The van der Waals surface area contributed by atoms with Crippen LogP contribution >= 0.6 is 0 Å². The van der Waals surface area contributed by atoms with Gasteiger partial charge in [0.25, 0.3) is 0 Å². The zero-order valence-corrected chi connectivity index (χ0v) is 15.5. The minimum atomic E-state index is 0.0767. The zero-order valence-electron chi connectivity index (χ0n) is 15.5. The Balaban J connectivity index is 1.83. The first-order chi connectivity index (χ1) is 12.0. The largest absolute Gasteiger partial charge is 0.348 e. The number of rotatable bonds is 6. The number of aromatic nitrogens is 6. The second kappa shape index (κ2) is 7.04. The molecule has 0 amide bonds. The van der Waals surface area contributed by atoms with Crippen LogP contribution in [0.5, 0.6) is 0 Å². The molecular weight excluding hydrogens is 314 g/mol. The van der Waals surface area contributed by atoms with Crippen molar-refractivity contribution in [1.29, 1.82) is 0 Å². The third-order valence-corrected chi connectivity index (χ3v) is 4.42. The number of hydrogen-bond acceptors (Lipinski definition) is 5. The molecule has 3 aromatic heterocycles. The molecule has 0 radical (unpaired) electrons. The van der Waals surface area contributed by atoms with E-state index in [2.05, 4.69) is 52.5 Å². The fraction of sp³-hybridized carbons (Fsp3) is 0.444. The molecule has 25 heavy (non-hydrogen) atoms. The fourth-order valence-electron chi connectivity index (χ4n) is 2.90. The van der Waals surface area contributed by atoms with E-state index < -0.39 is 0 Å². The summed E-state index contributed by atoms with van der Waals surface area (Å²) in [6, 6.07) is 2.00. The van der Waals surface area contributed by atoms with Gasteiger partial charge in [-0.15, -0.1) is 0 Å². The lowest BCUT2D eigenvalue weighted by Gasteiger charge is -2.14. The van der Waals surface area contributed by atoms with Crippen LogP contribution in [0.1, 0.15) is 43.3 Å². The Kier molecular flexibility index (Phi) is 4.83. The summed E-state index contributed by atoms with van der Waals surface area (Å²) in [6.45, 7) is 9.21. The molecular formula is C18H25N7. The maximum Gasteiger partial charge on any atom is 0.223 e. The van der Waals surface area contributed by atoms with Crippen molar-refractivity contribution in [3.63, 3.8) is 0 Å². The molecule has 0 aliphatic rings. The quantitative estimate of drug-likeness (QED) is 0.746. The van der Waals surface area contributed by atoms with Gasteiger partial charge in [-0.1, -0.05) is 6.92 Å². The number of aryl methyl sites for hydroxylation is 3. The monoisotopic (exact) mass is 339 g/mol. The average molecular weight is 339 g/mol. The third kappa shape index (κ3) is 3.55. The van der Waals surface area contributed by atoms with Gasteiger partial charge in [0, 0.05) is 42.8 Å². The van der Waals surface area contributed by atoms with E-state index in [0.717, 1.165) is 41.2 Å². The first kappa shape index (κ1) is 17.1. The average Bonchev–Trinajstić information content (AvgIpc) is 3.11. The van der Waals surface area contributed by atoms with Gasteiger partial charge >= 0.3 is 0 Å². The Morgan fingerprint density at radius 3 is 2.76 bits per heavy atom. The molecule has 7 heteroatoms. The van der Waals surface area contributed by atoms with Crippen molar-refractivity contribution in [2.45, 2.75) is 46.7 Å². The van der Waals surface area contributed by atoms with Crippen molar-refractivity contribution >= 4 is 5.95 Å². The van der Waals surface area contributed by atoms with E-state index in [0.29, 0.717) is 5.95 Å². The van der Waals surface area contributed by atoms with Crippen LogP contribution in [0.2, 0.25) is 0 Å². The summed E-state index contributed by atoms with van der Waals surface area (Å²) in [6.07, 6.45) is 6.78. The van der Waals surface area contributed by atoms with Crippen LogP contribution in [-0.4, -0.2) is 29.5 Å². The van der Waals surface area contributed by atoms with Gasteiger partial charge in [-0.2, -0.15) is 10.2 Å². The molecule has 0 fully saturated rings. The van der Waals surface area contributed by atoms with E-state index in [4.69, 9.17) is 0 Å². The molecule has 7 nitrogen and oxygen atoms in total. The molecule has 0 unspecified atom stereocenters. The molecule has 3 rings (SSSR count). The SMILES string of the molecule is CCCn1cc(-c2ccnc(N[C@H](C)c3cnn(C)c3C)n2)c(C)n1. The Bertz CT molecular complexity index is 862. The lowest BCUT2D eigenvalue weighted by molar-refractivity contribution is 0.598. The van der Waals surface area contributed by atoms with E-state index in [1.165, 1.54) is 0 Å². The highest BCUT2D eigenvalue weighted by molar-refractivity contribution is 5.61. The molecule has 132 valence electrons. The smallest absolute Gasteiger partial charge is 0.223 e. The van der Waals surface area contributed by atoms with Crippen LogP contribution in [0.25, 0.3) is 11.3 Å². The number of nitrogens with zero attached hydrogens (tertiary/aromatic N) is 6. The number of nitrogens with one attached hydrogen (secondary N) is 1. The number of hydrogen-bond donors (Lipinski definition) is 1. The van der Waals surface area contributed by atoms with Gasteiger partial charge in [-0.25, -0.2) is 9.97 Å². The second-order valence-corrected chi connectivity index (χ2v) is 6.33. The Morgan fingerprint density at radius 2 is 2.08 bits per heavy atom. The summed E-state index contributed by atoms with van der Waals surface area (Å²) in [5, 5.41) is 12.2. The van der Waals surface area contributed by atoms with Crippen LogP contribution in [-0.2, 0) is 13.6 Å². The van der Waals surface area contributed by atoms with Crippen molar-refractivity contribution in [3.8, 4) is 11.3 Å². The summed E-state index contributed by atoms with van der Waals surface area (Å²) < 4.78 is 3.85. The fourth-order valence-corrected chi connectivity index (χ4v) is 2.90. The minimum Gasteiger partial charge on any atom is -0.348 e. The lowest BCUT2D eigenvalue weighted by Crippen LogP contribution is -2.10. The molecule has 0 aliphatic heterocycles. The van der Waals surface area contributed by atoms with Crippen molar-refractivity contribution in [2.75, 3.05) is 5.32 Å². The van der Waals surface area contributed by atoms with Crippen LogP contribution in [0, 0.1) is 13.8 Å². The first-order valence-electron chi connectivity index (χ1n) is 8.62. The summed E-state index contributed by atoms with van der Waals surface area (Å²) >= 11 is 0. The van der Waals surface area contributed by atoms with Crippen LogP contribution in [0.3, 0.4) is 0 Å². The van der Waals surface area contributed by atoms with E-state index in [9.17, 15) is 0 Å². The molecule has 3 heterocycles. The molecule has 0 saturated carbocycles. The maximum absolute atomic E-state index is 4.68. The van der Waals surface area contributed by atoms with Crippen molar-refractivity contribution in [2.24, 2.45) is 7.05 Å². The number of anilines is 1. The van der Waals surface area contributed by atoms with Crippen molar-refractivity contribution < 1.29 is 0 Å². The summed E-state index contributed by atoms with van der Waals surface area (Å²) in [5.74, 6) is 0.607. The molecule has 3 aromatic rings. The van der Waals surface area contributed by atoms with Gasteiger partial charge in [0.05, 0.1) is 23.6 Å². The molecule has 0 spiro atoms. The highest BCUT2D eigenvalue weighted by Crippen LogP contribution is 2.23. The molecule has 0 bridgehead atoms.